The topological polar surface area (TPSA) is 70.9 Å². The summed E-state index contributed by atoms with van der Waals surface area (Å²) in [6.45, 7) is 7.12. The van der Waals surface area contributed by atoms with Gasteiger partial charge >= 0.3 is 6.03 Å². The van der Waals surface area contributed by atoms with E-state index in [4.69, 9.17) is 4.74 Å². The highest BCUT2D eigenvalue weighted by molar-refractivity contribution is 5.90. The summed E-state index contributed by atoms with van der Waals surface area (Å²) in [4.78, 5) is 19.3. The lowest BCUT2D eigenvalue weighted by molar-refractivity contribution is -0.0704. The highest BCUT2D eigenvalue weighted by Crippen LogP contribution is 2.20. The lowest BCUT2D eigenvalue weighted by Crippen LogP contribution is -2.44. The number of fused-ring (bicyclic) bond motifs is 1. The van der Waals surface area contributed by atoms with Crippen molar-refractivity contribution >= 4 is 17.4 Å². The summed E-state index contributed by atoms with van der Waals surface area (Å²) in [6.07, 6.45) is 4.29. The van der Waals surface area contributed by atoms with Crippen molar-refractivity contribution < 1.29 is 9.53 Å². The van der Waals surface area contributed by atoms with Crippen molar-refractivity contribution in [2.45, 2.75) is 39.1 Å². The molecule has 0 saturated carbocycles. The van der Waals surface area contributed by atoms with Crippen LogP contribution in [0.3, 0.4) is 0 Å². The van der Waals surface area contributed by atoms with Crippen molar-refractivity contribution in [1.82, 2.24) is 19.6 Å². The molecule has 0 unspecified atom stereocenters. The van der Waals surface area contributed by atoms with Gasteiger partial charge in [0.2, 0.25) is 0 Å². The first-order valence-corrected chi connectivity index (χ1v) is 10.00. The van der Waals surface area contributed by atoms with Gasteiger partial charge in [-0.3, -0.25) is 4.90 Å². The van der Waals surface area contributed by atoms with Gasteiger partial charge in [-0.05, 0) is 37.6 Å². The number of hydrogen-bond acceptors (Lipinski definition) is 4. The second-order valence-electron chi connectivity index (χ2n) is 7.61. The van der Waals surface area contributed by atoms with Crippen molar-refractivity contribution in [1.29, 1.82) is 0 Å². The van der Waals surface area contributed by atoms with Crippen LogP contribution in [0.15, 0.2) is 54.9 Å². The number of morpholine rings is 1. The number of anilines is 1. The summed E-state index contributed by atoms with van der Waals surface area (Å²) >= 11 is 0. The summed E-state index contributed by atoms with van der Waals surface area (Å²) in [5.41, 5.74) is 3.60. The molecule has 1 aliphatic rings. The van der Waals surface area contributed by atoms with Gasteiger partial charge < -0.3 is 19.8 Å². The van der Waals surface area contributed by atoms with Gasteiger partial charge in [0.15, 0.2) is 0 Å². The highest BCUT2D eigenvalue weighted by atomic mass is 16.5. The maximum absolute atomic E-state index is 12.5. The van der Waals surface area contributed by atoms with Gasteiger partial charge in [0.1, 0.15) is 5.65 Å². The Hall–Kier alpha value is -2.90. The molecule has 3 heterocycles. The first-order valence-electron chi connectivity index (χ1n) is 10.00. The zero-order chi connectivity index (χ0) is 20.2. The van der Waals surface area contributed by atoms with Gasteiger partial charge in [-0.2, -0.15) is 0 Å². The second-order valence-corrected chi connectivity index (χ2v) is 7.61. The average molecular weight is 393 g/mol. The fraction of sp³-hybridized carbons (Fsp3) is 0.364. The maximum atomic E-state index is 12.5. The van der Waals surface area contributed by atoms with Crippen molar-refractivity contribution in [3.63, 3.8) is 0 Å². The summed E-state index contributed by atoms with van der Waals surface area (Å²) in [5, 5.41) is 5.88. The molecule has 2 aromatic heterocycles. The van der Waals surface area contributed by atoms with Gasteiger partial charge in [-0.1, -0.05) is 24.3 Å². The summed E-state index contributed by atoms with van der Waals surface area (Å²) in [7, 11) is 0. The lowest BCUT2D eigenvalue weighted by Gasteiger charge is -2.35. The predicted molar refractivity (Wildman–Crippen MR) is 113 cm³/mol. The van der Waals surface area contributed by atoms with E-state index in [1.807, 2.05) is 53.2 Å². The first-order chi connectivity index (χ1) is 14.1. The lowest BCUT2D eigenvalue weighted by atomic mass is 10.1. The Balaban J connectivity index is 1.36. The minimum atomic E-state index is -0.238. The van der Waals surface area contributed by atoms with Crippen LogP contribution in [0, 0.1) is 0 Å². The molecule has 7 heteroatoms. The molecule has 2 atom stereocenters. The van der Waals surface area contributed by atoms with E-state index in [1.54, 1.807) is 0 Å². The Kier molecular flexibility index (Phi) is 5.78. The van der Waals surface area contributed by atoms with Gasteiger partial charge in [0.25, 0.3) is 0 Å². The number of para-hydroxylation sites is 1. The number of aromatic nitrogens is 2. The predicted octanol–water partition coefficient (Wildman–Crippen LogP) is 3.27. The van der Waals surface area contributed by atoms with Crippen molar-refractivity contribution in [3.05, 3.63) is 66.1 Å². The molecule has 152 valence electrons. The quantitative estimate of drug-likeness (QED) is 0.698. The third-order valence-electron chi connectivity index (χ3n) is 5.00. The van der Waals surface area contributed by atoms with Gasteiger partial charge in [-0.25, -0.2) is 9.78 Å². The molecule has 1 aliphatic heterocycles. The standard InChI is InChI=1S/C22H27N5O2/c1-16-12-26(13-17(2)29-16)14-18-7-3-4-8-20(18)25-22(28)23-11-19-15-27-10-6-5-9-21(27)24-19/h3-10,15-17H,11-14H2,1-2H3,(H2,23,25,28)/t16-,17-/m0/s1. The largest absolute Gasteiger partial charge is 0.373 e. The second kappa shape index (κ2) is 8.63. The Morgan fingerprint density at radius 1 is 1.14 bits per heavy atom. The van der Waals surface area contributed by atoms with E-state index in [0.717, 1.165) is 42.2 Å². The molecular weight excluding hydrogens is 366 g/mol. The summed E-state index contributed by atoms with van der Waals surface area (Å²) in [6, 6.07) is 13.5. The molecule has 1 fully saturated rings. The third kappa shape index (κ3) is 4.93. The summed E-state index contributed by atoms with van der Waals surface area (Å²) < 4.78 is 7.75. The van der Waals surface area contributed by atoms with Crippen LogP contribution in [-0.4, -0.2) is 45.6 Å². The first kappa shape index (κ1) is 19.4. The Labute approximate surface area is 170 Å². The number of nitrogens with one attached hydrogen (secondary N) is 2. The molecule has 1 aromatic carbocycles. The molecule has 2 amide bonds. The number of nitrogens with zero attached hydrogens (tertiary/aromatic N) is 3. The van der Waals surface area contributed by atoms with E-state index in [-0.39, 0.29) is 18.2 Å². The van der Waals surface area contributed by atoms with E-state index in [0.29, 0.717) is 6.54 Å². The molecule has 0 spiro atoms. The van der Waals surface area contributed by atoms with E-state index in [2.05, 4.69) is 40.4 Å². The molecule has 4 rings (SSSR count). The van der Waals surface area contributed by atoms with Crippen LogP contribution in [0.25, 0.3) is 5.65 Å². The number of pyridine rings is 1. The number of carbonyl (C=O) groups excluding carboxylic acids is 1. The Bertz CT molecular complexity index is 943. The van der Waals surface area contributed by atoms with Crippen molar-refractivity contribution in [2.75, 3.05) is 18.4 Å². The molecule has 0 bridgehead atoms. The van der Waals surface area contributed by atoms with E-state index >= 15 is 0 Å². The van der Waals surface area contributed by atoms with Crippen LogP contribution in [-0.2, 0) is 17.8 Å². The Morgan fingerprint density at radius 2 is 1.90 bits per heavy atom. The number of ether oxygens (including phenoxy) is 1. The molecule has 7 nitrogen and oxygen atoms in total. The number of rotatable bonds is 5. The van der Waals surface area contributed by atoms with Crippen LogP contribution in [0.1, 0.15) is 25.1 Å². The number of urea groups is 1. The molecule has 2 N–H and O–H groups in total. The van der Waals surface area contributed by atoms with Gasteiger partial charge in [-0.15, -0.1) is 0 Å². The minimum Gasteiger partial charge on any atom is -0.373 e. The van der Waals surface area contributed by atoms with E-state index in [1.165, 1.54) is 0 Å². The SMILES string of the molecule is C[C@H]1CN(Cc2ccccc2NC(=O)NCc2cn3ccccc3n2)C[C@H](C)O1. The number of imidazole rings is 1. The number of benzene rings is 1. The van der Waals surface area contributed by atoms with Gasteiger partial charge in [0.05, 0.1) is 24.4 Å². The highest BCUT2D eigenvalue weighted by Gasteiger charge is 2.22. The number of amides is 2. The van der Waals surface area contributed by atoms with Crippen molar-refractivity contribution in [3.8, 4) is 0 Å². The molecular formula is C22H27N5O2. The molecule has 0 radical (unpaired) electrons. The normalized spacial score (nSPS) is 19.9. The Morgan fingerprint density at radius 3 is 2.69 bits per heavy atom. The monoisotopic (exact) mass is 393 g/mol. The number of hydrogen-bond donors (Lipinski definition) is 2. The van der Waals surface area contributed by atoms with Gasteiger partial charge in [0, 0.05) is 37.7 Å². The molecule has 1 saturated heterocycles. The third-order valence-corrected chi connectivity index (χ3v) is 5.00. The van der Waals surface area contributed by atoms with Crippen LogP contribution in [0.4, 0.5) is 10.5 Å². The zero-order valence-corrected chi connectivity index (χ0v) is 16.8. The fourth-order valence-corrected chi connectivity index (χ4v) is 3.84. The van der Waals surface area contributed by atoms with Crippen LogP contribution in [0.5, 0.6) is 0 Å². The van der Waals surface area contributed by atoms with E-state index in [9.17, 15) is 4.79 Å². The fourth-order valence-electron chi connectivity index (χ4n) is 3.84. The minimum absolute atomic E-state index is 0.215. The average Bonchev–Trinajstić information content (AvgIpc) is 3.10. The maximum Gasteiger partial charge on any atom is 0.319 e. The number of carbonyl (C=O) groups is 1. The smallest absolute Gasteiger partial charge is 0.319 e. The zero-order valence-electron chi connectivity index (χ0n) is 16.8. The van der Waals surface area contributed by atoms with E-state index < -0.39 is 0 Å². The van der Waals surface area contributed by atoms with Crippen molar-refractivity contribution in [2.24, 2.45) is 0 Å². The van der Waals surface area contributed by atoms with Crippen LogP contribution < -0.4 is 10.6 Å². The molecule has 0 aliphatic carbocycles. The molecule has 29 heavy (non-hydrogen) atoms. The molecule has 3 aromatic rings. The van der Waals surface area contributed by atoms with Crippen LogP contribution in [0.2, 0.25) is 0 Å². The van der Waals surface area contributed by atoms with Crippen LogP contribution >= 0.6 is 0 Å². The summed E-state index contributed by atoms with van der Waals surface area (Å²) in [5.74, 6) is 0.